The van der Waals surface area contributed by atoms with Gasteiger partial charge in [0.25, 0.3) is 0 Å². The van der Waals surface area contributed by atoms with Gasteiger partial charge in [0.05, 0.1) is 6.04 Å². The number of nitrogens with zero attached hydrogens (tertiary/aromatic N) is 1. The molecule has 1 saturated heterocycles. The molecule has 2 aromatic carbocycles. The highest BCUT2D eigenvalue weighted by atomic mass is 16.6. The monoisotopic (exact) mass is 490 g/mol. The first kappa shape index (κ1) is 25.8. The maximum absolute atomic E-state index is 13.6. The average Bonchev–Trinajstić information content (AvgIpc) is 2.83. The molecular weight excluding hydrogens is 452 g/mol. The minimum atomic E-state index is -0.538. The average molecular weight is 491 g/mol. The molecule has 6 nitrogen and oxygen atoms in total. The summed E-state index contributed by atoms with van der Waals surface area (Å²) in [4.78, 5) is 27.9. The maximum Gasteiger partial charge on any atom is 0.407 e. The number of ketones is 1. The molecule has 36 heavy (non-hydrogen) atoms. The van der Waals surface area contributed by atoms with E-state index in [-0.39, 0.29) is 11.8 Å². The fourth-order valence-corrected chi connectivity index (χ4v) is 4.62. The summed E-state index contributed by atoms with van der Waals surface area (Å²) in [5.74, 6) is 0.851. The molecule has 1 aliphatic heterocycles. The Morgan fingerprint density at radius 3 is 2.61 bits per heavy atom. The molecule has 0 radical (unpaired) electrons. The Labute approximate surface area is 214 Å². The molecule has 2 fully saturated rings. The van der Waals surface area contributed by atoms with Gasteiger partial charge < -0.3 is 19.7 Å². The third-order valence-electron chi connectivity index (χ3n) is 6.62. The van der Waals surface area contributed by atoms with Crippen molar-refractivity contribution in [2.24, 2.45) is 0 Å². The van der Waals surface area contributed by atoms with Gasteiger partial charge in [0.1, 0.15) is 18.0 Å². The van der Waals surface area contributed by atoms with Crippen molar-refractivity contribution in [2.45, 2.75) is 77.5 Å². The standard InChI is InChI=1S/C30H38N2O4/c1-30(2,3)36-29(34)31-21-23-11-7-13-25(19-23)32-17-5-4-15-27(32)28(33)24-12-8-14-26(20-24)35-18-16-22-9-6-10-22/h7-8,11-14,16,19-20,27H,4-6,9-10,15,17-18,21H2,1-3H3,(H,31,34). The number of carbonyl (C=O) groups excluding carboxylic acids is 2. The Bertz CT molecular complexity index is 1100. The molecule has 2 aromatic rings. The predicted molar refractivity (Wildman–Crippen MR) is 143 cm³/mol. The summed E-state index contributed by atoms with van der Waals surface area (Å²) in [5, 5.41) is 2.82. The Morgan fingerprint density at radius 2 is 1.86 bits per heavy atom. The van der Waals surface area contributed by atoms with Gasteiger partial charge in [-0.05, 0) is 95.2 Å². The molecule has 0 aromatic heterocycles. The number of anilines is 1. The van der Waals surface area contributed by atoms with Crippen LogP contribution in [0.5, 0.6) is 5.75 Å². The minimum absolute atomic E-state index is 0.120. The van der Waals surface area contributed by atoms with Crippen LogP contribution < -0.4 is 15.0 Å². The van der Waals surface area contributed by atoms with Crippen LogP contribution in [-0.4, -0.2) is 36.7 Å². The summed E-state index contributed by atoms with van der Waals surface area (Å²) in [6.07, 6.45) is 8.23. The summed E-state index contributed by atoms with van der Waals surface area (Å²) in [5.41, 5.74) is 3.57. The van der Waals surface area contributed by atoms with E-state index in [4.69, 9.17) is 9.47 Å². The van der Waals surface area contributed by atoms with E-state index in [9.17, 15) is 9.59 Å². The summed E-state index contributed by atoms with van der Waals surface area (Å²) < 4.78 is 11.2. The molecule has 1 atom stereocenters. The van der Waals surface area contributed by atoms with Gasteiger partial charge in [-0.1, -0.05) is 29.8 Å². The van der Waals surface area contributed by atoms with Gasteiger partial charge in [0, 0.05) is 24.3 Å². The van der Waals surface area contributed by atoms with E-state index in [0.717, 1.165) is 42.8 Å². The van der Waals surface area contributed by atoms with Crippen LogP contribution in [0, 0.1) is 0 Å². The van der Waals surface area contributed by atoms with Crippen molar-refractivity contribution >= 4 is 17.6 Å². The maximum atomic E-state index is 13.6. The van der Waals surface area contributed by atoms with Crippen LogP contribution in [0.25, 0.3) is 0 Å². The van der Waals surface area contributed by atoms with Crippen LogP contribution in [0.15, 0.2) is 60.2 Å². The highest BCUT2D eigenvalue weighted by Crippen LogP contribution is 2.29. The number of hydrogen-bond donors (Lipinski definition) is 1. The molecule has 1 heterocycles. The molecule has 0 bridgehead atoms. The fourth-order valence-electron chi connectivity index (χ4n) is 4.62. The number of ether oxygens (including phenoxy) is 2. The lowest BCUT2D eigenvalue weighted by Crippen LogP contribution is -2.45. The number of nitrogens with one attached hydrogen (secondary N) is 1. The zero-order valence-corrected chi connectivity index (χ0v) is 21.7. The van der Waals surface area contributed by atoms with Crippen LogP contribution in [0.2, 0.25) is 0 Å². The van der Waals surface area contributed by atoms with Crippen molar-refractivity contribution in [1.82, 2.24) is 5.32 Å². The topological polar surface area (TPSA) is 67.9 Å². The molecular formula is C30H38N2O4. The van der Waals surface area contributed by atoms with Crippen molar-refractivity contribution in [3.05, 3.63) is 71.3 Å². The zero-order valence-electron chi connectivity index (χ0n) is 21.7. The first-order chi connectivity index (χ1) is 17.3. The first-order valence-corrected chi connectivity index (χ1v) is 13.1. The molecule has 0 spiro atoms. The lowest BCUT2D eigenvalue weighted by Gasteiger charge is -2.37. The van der Waals surface area contributed by atoms with Crippen molar-refractivity contribution in [2.75, 3.05) is 18.1 Å². The zero-order chi connectivity index (χ0) is 25.5. The van der Waals surface area contributed by atoms with Crippen LogP contribution in [0.4, 0.5) is 10.5 Å². The molecule has 2 aliphatic rings. The van der Waals surface area contributed by atoms with Crippen LogP contribution >= 0.6 is 0 Å². The second-order valence-electron chi connectivity index (χ2n) is 10.6. The number of carbonyl (C=O) groups is 2. The molecule has 1 aliphatic carbocycles. The SMILES string of the molecule is CC(C)(C)OC(=O)NCc1cccc(N2CCCCC2C(=O)c2cccc(OCC=C3CCC3)c2)c1. The Kier molecular flexibility index (Phi) is 8.34. The number of allylic oxidation sites excluding steroid dienone is 1. The van der Waals surface area contributed by atoms with Crippen molar-refractivity contribution < 1.29 is 19.1 Å². The molecule has 6 heteroatoms. The van der Waals surface area contributed by atoms with Gasteiger partial charge in [-0.3, -0.25) is 4.79 Å². The third-order valence-corrected chi connectivity index (χ3v) is 6.62. The largest absolute Gasteiger partial charge is 0.490 e. The number of benzene rings is 2. The number of piperidine rings is 1. The van der Waals surface area contributed by atoms with Crippen molar-refractivity contribution in [1.29, 1.82) is 0 Å². The van der Waals surface area contributed by atoms with Gasteiger partial charge in [0.15, 0.2) is 5.78 Å². The summed E-state index contributed by atoms with van der Waals surface area (Å²) >= 11 is 0. The molecule has 192 valence electrons. The number of hydrogen-bond acceptors (Lipinski definition) is 5. The Hall–Kier alpha value is -3.28. The van der Waals surface area contributed by atoms with E-state index < -0.39 is 11.7 Å². The molecule has 1 saturated carbocycles. The summed E-state index contributed by atoms with van der Waals surface area (Å²) in [7, 11) is 0. The number of amides is 1. The fraction of sp³-hybridized carbons (Fsp3) is 0.467. The van der Waals surface area contributed by atoms with Gasteiger partial charge >= 0.3 is 6.09 Å². The third kappa shape index (κ3) is 7.12. The van der Waals surface area contributed by atoms with E-state index >= 15 is 0 Å². The Morgan fingerprint density at radius 1 is 1.06 bits per heavy atom. The summed E-state index contributed by atoms with van der Waals surface area (Å²) in [6.45, 7) is 7.26. The molecule has 1 N–H and O–H groups in total. The highest BCUT2D eigenvalue weighted by molar-refractivity contribution is 6.02. The molecule has 1 amide bonds. The van der Waals surface area contributed by atoms with E-state index in [2.05, 4.69) is 22.4 Å². The quantitative estimate of drug-likeness (QED) is 0.341. The van der Waals surface area contributed by atoms with E-state index in [1.165, 1.54) is 24.8 Å². The minimum Gasteiger partial charge on any atom is -0.490 e. The second kappa shape index (κ2) is 11.6. The van der Waals surface area contributed by atoms with E-state index in [0.29, 0.717) is 18.7 Å². The number of rotatable bonds is 8. The second-order valence-corrected chi connectivity index (χ2v) is 10.6. The van der Waals surface area contributed by atoms with E-state index in [1.807, 2.05) is 63.2 Å². The van der Waals surface area contributed by atoms with Crippen molar-refractivity contribution in [3.8, 4) is 5.75 Å². The number of Topliss-reactive ketones (excluding diaryl/α,β-unsaturated/α-hetero) is 1. The van der Waals surface area contributed by atoms with Crippen LogP contribution in [0.3, 0.4) is 0 Å². The normalized spacial score (nSPS) is 17.7. The van der Waals surface area contributed by atoms with Crippen LogP contribution in [0.1, 0.15) is 75.2 Å². The van der Waals surface area contributed by atoms with Gasteiger partial charge in [-0.2, -0.15) is 0 Å². The smallest absolute Gasteiger partial charge is 0.407 e. The number of alkyl carbamates (subject to hydrolysis) is 1. The lowest BCUT2D eigenvalue weighted by atomic mass is 9.92. The molecule has 1 unspecified atom stereocenters. The molecule has 4 rings (SSSR count). The first-order valence-electron chi connectivity index (χ1n) is 13.1. The van der Waals surface area contributed by atoms with Crippen molar-refractivity contribution in [3.63, 3.8) is 0 Å². The van der Waals surface area contributed by atoms with Crippen LogP contribution in [-0.2, 0) is 11.3 Å². The van der Waals surface area contributed by atoms with Gasteiger partial charge in [-0.25, -0.2) is 4.79 Å². The Balaban J connectivity index is 1.43. The highest BCUT2D eigenvalue weighted by Gasteiger charge is 2.30. The summed E-state index contributed by atoms with van der Waals surface area (Å²) in [6, 6.07) is 15.4. The van der Waals surface area contributed by atoms with E-state index in [1.54, 1.807) is 0 Å². The van der Waals surface area contributed by atoms with Gasteiger partial charge in [0.2, 0.25) is 0 Å². The lowest BCUT2D eigenvalue weighted by molar-refractivity contribution is 0.0523. The van der Waals surface area contributed by atoms with Gasteiger partial charge in [-0.15, -0.1) is 0 Å². The predicted octanol–water partition coefficient (Wildman–Crippen LogP) is 6.44.